The number of para-hydroxylation sites is 2. The zero-order chi connectivity index (χ0) is 19.7. The van der Waals surface area contributed by atoms with Gasteiger partial charge in [-0.1, -0.05) is 12.1 Å². The lowest BCUT2D eigenvalue weighted by Crippen LogP contribution is -2.39. The molecule has 1 atom stereocenters. The van der Waals surface area contributed by atoms with Gasteiger partial charge in [-0.2, -0.15) is 0 Å². The molecule has 0 aliphatic carbocycles. The highest BCUT2D eigenvalue weighted by Crippen LogP contribution is 2.27. The molecule has 28 heavy (non-hydrogen) atoms. The number of aromatic amines is 1. The number of ketones is 1. The van der Waals surface area contributed by atoms with Crippen LogP contribution in [0.25, 0.3) is 11.0 Å². The summed E-state index contributed by atoms with van der Waals surface area (Å²) in [4.78, 5) is 34.3. The minimum Gasteiger partial charge on any atom is -0.466 e. The normalized spacial score (nSPS) is 17.2. The van der Waals surface area contributed by atoms with Gasteiger partial charge in [0.2, 0.25) is 5.91 Å². The van der Waals surface area contributed by atoms with Gasteiger partial charge in [0.05, 0.1) is 16.6 Å². The predicted molar refractivity (Wildman–Crippen MR) is 106 cm³/mol. The van der Waals surface area contributed by atoms with Crippen molar-refractivity contribution in [1.29, 1.82) is 0 Å². The Hall–Kier alpha value is -2.89. The highest BCUT2D eigenvalue weighted by Gasteiger charge is 2.26. The van der Waals surface area contributed by atoms with Crippen molar-refractivity contribution in [3.05, 3.63) is 53.2 Å². The third-order valence-electron chi connectivity index (χ3n) is 5.50. The van der Waals surface area contributed by atoms with Crippen molar-refractivity contribution >= 4 is 22.7 Å². The number of nitrogens with one attached hydrogen (secondary N) is 1. The number of imidazole rings is 1. The first kappa shape index (κ1) is 18.5. The number of amides is 1. The second kappa shape index (κ2) is 7.62. The number of aromatic nitrogens is 2. The molecule has 1 amide bonds. The summed E-state index contributed by atoms with van der Waals surface area (Å²) in [5.74, 6) is 2.63. The first-order valence-electron chi connectivity index (χ1n) is 9.84. The second-order valence-corrected chi connectivity index (χ2v) is 7.56. The first-order chi connectivity index (χ1) is 13.5. The number of rotatable bonds is 5. The Balaban J connectivity index is 1.39. The average Bonchev–Trinajstić information content (AvgIpc) is 3.29. The summed E-state index contributed by atoms with van der Waals surface area (Å²) in [6, 6.07) is 9.77. The number of Topliss-reactive ketones (excluding diaryl/α,β-unsaturated/α-hetero) is 1. The number of benzene rings is 1. The van der Waals surface area contributed by atoms with Crippen LogP contribution in [-0.2, 0) is 11.2 Å². The largest absolute Gasteiger partial charge is 0.466 e. The Morgan fingerprint density at radius 3 is 2.89 bits per heavy atom. The minimum atomic E-state index is -0.0106. The summed E-state index contributed by atoms with van der Waals surface area (Å²) in [6.07, 6.45) is 2.90. The standard InChI is InChI=1S/C22H25N3O3/c1-14(26)18-12-17(28-15(18)2)9-10-21(27)25-11-5-6-16(13-25)22-23-19-7-3-4-8-20(19)24-22/h3-4,7-8,12,16H,5-6,9-11,13H2,1-2H3,(H,23,24). The fourth-order valence-electron chi connectivity index (χ4n) is 4.00. The molecule has 0 radical (unpaired) electrons. The molecule has 1 saturated heterocycles. The molecule has 3 heterocycles. The highest BCUT2D eigenvalue weighted by molar-refractivity contribution is 5.95. The number of furan rings is 1. The number of piperidine rings is 1. The third-order valence-corrected chi connectivity index (χ3v) is 5.50. The number of hydrogen-bond donors (Lipinski definition) is 1. The molecule has 1 N–H and O–H groups in total. The van der Waals surface area contributed by atoms with Gasteiger partial charge in [0.25, 0.3) is 0 Å². The van der Waals surface area contributed by atoms with E-state index in [1.165, 1.54) is 6.92 Å². The molecular weight excluding hydrogens is 354 g/mol. The van der Waals surface area contributed by atoms with E-state index in [-0.39, 0.29) is 17.6 Å². The van der Waals surface area contributed by atoms with Gasteiger partial charge in [0.15, 0.2) is 5.78 Å². The molecule has 6 heteroatoms. The SMILES string of the molecule is CC(=O)c1cc(CCC(=O)N2CCCC(c3nc4ccccc4[nH]3)C2)oc1C. The number of hydrogen-bond acceptors (Lipinski definition) is 4. The number of nitrogens with zero attached hydrogens (tertiary/aromatic N) is 2. The van der Waals surface area contributed by atoms with E-state index in [0.717, 1.165) is 36.2 Å². The van der Waals surface area contributed by atoms with Crippen LogP contribution in [0.2, 0.25) is 0 Å². The van der Waals surface area contributed by atoms with Crippen LogP contribution in [0.5, 0.6) is 0 Å². The van der Waals surface area contributed by atoms with Crippen molar-refractivity contribution in [2.75, 3.05) is 13.1 Å². The smallest absolute Gasteiger partial charge is 0.223 e. The van der Waals surface area contributed by atoms with E-state index in [9.17, 15) is 9.59 Å². The fraction of sp³-hybridized carbons (Fsp3) is 0.409. The molecule has 2 aromatic heterocycles. The van der Waals surface area contributed by atoms with Crippen molar-refractivity contribution in [3.63, 3.8) is 0 Å². The molecule has 1 aromatic carbocycles. The molecule has 4 rings (SSSR count). The highest BCUT2D eigenvalue weighted by atomic mass is 16.3. The Kier molecular flexibility index (Phi) is 5.03. The third kappa shape index (κ3) is 3.72. The summed E-state index contributed by atoms with van der Waals surface area (Å²) in [6.45, 7) is 4.78. The molecule has 0 saturated carbocycles. The van der Waals surface area contributed by atoms with Gasteiger partial charge in [-0.05, 0) is 44.9 Å². The quantitative estimate of drug-likeness (QED) is 0.680. The van der Waals surface area contributed by atoms with E-state index in [1.807, 2.05) is 29.2 Å². The minimum absolute atomic E-state index is 0.0106. The zero-order valence-corrected chi connectivity index (χ0v) is 16.3. The topological polar surface area (TPSA) is 79.2 Å². The summed E-state index contributed by atoms with van der Waals surface area (Å²) in [7, 11) is 0. The van der Waals surface area contributed by atoms with Crippen molar-refractivity contribution in [2.24, 2.45) is 0 Å². The first-order valence-corrected chi connectivity index (χ1v) is 9.84. The van der Waals surface area contributed by atoms with Crippen LogP contribution in [0.1, 0.15) is 59.8 Å². The lowest BCUT2D eigenvalue weighted by molar-refractivity contribution is -0.132. The number of carbonyl (C=O) groups excluding carboxylic acids is 2. The fourth-order valence-corrected chi connectivity index (χ4v) is 4.00. The molecule has 1 aliphatic rings. The second-order valence-electron chi connectivity index (χ2n) is 7.56. The lowest BCUT2D eigenvalue weighted by atomic mass is 9.97. The molecule has 1 aliphatic heterocycles. The number of carbonyl (C=O) groups is 2. The zero-order valence-electron chi connectivity index (χ0n) is 16.3. The maximum absolute atomic E-state index is 12.7. The predicted octanol–water partition coefficient (Wildman–Crippen LogP) is 4.01. The van der Waals surface area contributed by atoms with Crippen molar-refractivity contribution < 1.29 is 14.0 Å². The number of fused-ring (bicyclic) bond motifs is 1. The van der Waals surface area contributed by atoms with Crippen LogP contribution in [0, 0.1) is 6.92 Å². The maximum atomic E-state index is 12.7. The van der Waals surface area contributed by atoms with E-state index >= 15 is 0 Å². The van der Waals surface area contributed by atoms with E-state index in [1.54, 1.807) is 13.0 Å². The summed E-state index contributed by atoms with van der Waals surface area (Å²) < 4.78 is 5.63. The van der Waals surface area contributed by atoms with E-state index < -0.39 is 0 Å². The maximum Gasteiger partial charge on any atom is 0.223 e. The molecule has 146 valence electrons. The molecule has 0 bridgehead atoms. The summed E-state index contributed by atoms with van der Waals surface area (Å²) in [5.41, 5.74) is 2.61. The molecule has 1 fully saturated rings. The molecule has 0 spiro atoms. The van der Waals surface area contributed by atoms with E-state index in [4.69, 9.17) is 9.40 Å². The van der Waals surface area contributed by atoms with E-state index in [0.29, 0.717) is 36.5 Å². The molecule has 6 nitrogen and oxygen atoms in total. The Morgan fingerprint density at radius 2 is 2.14 bits per heavy atom. The van der Waals surface area contributed by atoms with Crippen molar-refractivity contribution in [3.8, 4) is 0 Å². The van der Waals surface area contributed by atoms with Crippen LogP contribution in [0.4, 0.5) is 0 Å². The van der Waals surface area contributed by atoms with Crippen molar-refractivity contribution in [1.82, 2.24) is 14.9 Å². The van der Waals surface area contributed by atoms with Crippen LogP contribution in [0.3, 0.4) is 0 Å². The van der Waals surface area contributed by atoms with Gasteiger partial charge in [0, 0.05) is 31.8 Å². The average molecular weight is 379 g/mol. The van der Waals surface area contributed by atoms with Gasteiger partial charge in [0.1, 0.15) is 17.3 Å². The van der Waals surface area contributed by atoms with Crippen LogP contribution in [-0.4, -0.2) is 39.6 Å². The molecule has 1 unspecified atom stereocenters. The Morgan fingerprint density at radius 1 is 1.32 bits per heavy atom. The van der Waals surface area contributed by atoms with Crippen LogP contribution in [0.15, 0.2) is 34.7 Å². The van der Waals surface area contributed by atoms with Gasteiger partial charge in [-0.3, -0.25) is 9.59 Å². The number of aryl methyl sites for hydroxylation is 2. The van der Waals surface area contributed by atoms with Crippen molar-refractivity contribution in [2.45, 2.75) is 45.4 Å². The number of likely N-dealkylation sites (tertiary alicyclic amines) is 1. The number of H-pyrrole nitrogens is 1. The Labute approximate surface area is 163 Å². The van der Waals surface area contributed by atoms with Gasteiger partial charge in [-0.15, -0.1) is 0 Å². The van der Waals surface area contributed by atoms with Crippen LogP contribution >= 0.6 is 0 Å². The van der Waals surface area contributed by atoms with E-state index in [2.05, 4.69) is 4.98 Å². The van der Waals surface area contributed by atoms with Gasteiger partial charge in [-0.25, -0.2) is 4.98 Å². The summed E-state index contributed by atoms with van der Waals surface area (Å²) >= 11 is 0. The summed E-state index contributed by atoms with van der Waals surface area (Å²) in [5, 5.41) is 0. The lowest BCUT2D eigenvalue weighted by Gasteiger charge is -2.32. The van der Waals surface area contributed by atoms with Crippen LogP contribution < -0.4 is 0 Å². The van der Waals surface area contributed by atoms with Gasteiger partial charge >= 0.3 is 0 Å². The Bertz CT molecular complexity index is 984. The molecular formula is C22H25N3O3. The van der Waals surface area contributed by atoms with Gasteiger partial charge < -0.3 is 14.3 Å². The molecule has 3 aromatic rings. The monoisotopic (exact) mass is 379 g/mol.